The number of carbonyl (C=O) groups is 2. The molecule has 0 aliphatic rings. The van der Waals surface area contributed by atoms with Gasteiger partial charge in [-0.2, -0.15) is 5.10 Å². The molecular formula is C16H21N5O3. The molecule has 24 heavy (non-hydrogen) atoms. The lowest BCUT2D eigenvalue weighted by Gasteiger charge is -2.09. The van der Waals surface area contributed by atoms with Gasteiger partial charge in [0, 0.05) is 7.11 Å². The number of anilines is 2. The minimum Gasteiger partial charge on any atom is -0.383 e. The van der Waals surface area contributed by atoms with E-state index in [0.29, 0.717) is 30.2 Å². The predicted octanol–water partition coefficient (Wildman–Crippen LogP) is 1.23. The van der Waals surface area contributed by atoms with E-state index in [-0.39, 0.29) is 0 Å². The Kier molecular flexibility index (Phi) is 5.91. The highest BCUT2D eigenvalue weighted by Gasteiger charge is 2.18. The molecule has 2 amide bonds. The molecule has 0 saturated carbocycles. The third-order valence-electron chi connectivity index (χ3n) is 3.43. The van der Waals surface area contributed by atoms with Crippen molar-refractivity contribution in [3.8, 4) is 0 Å². The van der Waals surface area contributed by atoms with Crippen molar-refractivity contribution in [1.29, 1.82) is 0 Å². The van der Waals surface area contributed by atoms with E-state index in [1.54, 1.807) is 30.8 Å². The third-order valence-corrected chi connectivity index (χ3v) is 3.43. The lowest BCUT2D eigenvalue weighted by molar-refractivity contribution is -0.135. The lowest BCUT2D eigenvalue weighted by atomic mass is 10.3. The molecule has 0 fully saturated rings. The van der Waals surface area contributed by atoms with Gasteiger partial charge in [-0.15, -0.1) is 0 Å². The molecule has 1 aromatic heterocycles. The molecule has 0 atom stereocenters. The van der Waals surface area contributed by atoms with Gasteiger partial charge in [0.25, 0.3) is 0 Å². The second kappa shape index (κ2) is 8.11. The van der Waals surface area contributed by atoms with Crippen LogP contribution in [0.25, 0.3) is 0 Å². The van der Waals surface area contributed by atoms with Crippen molar-refractivity contribution >= 4 is 23.2 Å². The Bertz CT molecular complexity index is 712. The van der Waals surface area contributed by atoms with Gasteiger partial charge >= 0.3 is 11.8 Å². The average Bonchev–Trinajstić information content (AvgIpc) is 2.86. The lowest BCUT2D eigenvalue weighted by Crippen LogP contribution is -2.38. The van der Waals surface area contributed by atoms with E-state index in [2.05, 4.69) is 21.3 Å². The molecule has 2 aromatic rings. The number of amides is 2. The molecule has 8 heteroatoms. The first-order valence-corrected chi connectivity index (χ1v) is 7.48. The summed E-state index contributed by atoms with van der Waals surface area (Å²) in [5.74, 6) is -1.56. The summed E-state index contributed by atoms with van der Waals surface area (Å²) in [4.78, 5) is 23.9. The summed E-state index contributed by atoms with van der Waals surface area (Å²) in [5.41, 5.74) is 7.64. The van der Waals surface area contributed by atoms with Crippen LogP contribution in [-0.2, 0) is 20.9 Å². The van der Waals surface area contributed by atoms with E-state index in [9.17, 15) is 9.59 Å². The number of methoxy groups -OCH3 is 1. The molecule has 0 radical (unpaired) electrons. The molecule has 128 valence electrons. The highest BCUT2D eigenvalue weighted by molar-refractivity contribution is 6.39. The fourth-order valence-electron chi connectivity index (χ4n) is 2.15. The Morgan fingerprint density at radius 1 is 1.17 bits per heavy atom. The predicted molar refractivity (Wildman–Crippen MR) is 90.4 cm³/mol. The maximum Gasteiger partial charge on any atom is 0.327 e. The van der Waals surface area contributed by atoms with E-state index in [4.69, 9.17) is 4.74 Å². The molecule has 1 heterocycles. The first-order chi connectivity index (χ1) is 11.5. The number of hydrogen-bond donors (Lipinski definition) is 3. The van der Waals surface area contributed by atoms with Gasteiger partial charge < -0.3 is 10.1 Å². The molecule has 0 aliphatic carbocycles. The van der Waals surface area contributed by atoms with Crippen LogP contribution in [0.2, 0.25) is 0 Å². The number of benzene rings is 1. The van der Waals surface area contributed by atoms with Gasteiger partial charge in [-0.25, -0.2) is 0 Å². The molecule has 3 N–H and O–H groups in total. The monoisotopic (exact) mass is 331 g/mol. The molecule has 2 rings (SSSR count). The standard InChI is InChI=1S/C16H21N5O3/c1-11-14(12(2)21(20-11)9-10-24-3)17-15(22)16(23)19-18-13-7-5-4-6-8-13/h4-8,18H,9-10H2,1-3H3,(H,17,22)(H,19,23). The molecule has 0 aliphatic heterocycles. The molecule has 0 unspecified atom stereocenters. The Labute approximate surface area is 140 Å². The van der Waals surface area contributed by atoms with Crippen molar-refractivity contribution in [2.45, 2.75) is 20.4 Å². The molecule has 0 spiro atoms. The smallest absolute Gasteiger partial charge is 0.327 e. The van der Waals surface area contributed by atoms with Gasteiger partial charge in [0.05, 0.1) is 35.9 Å². The molecular weight excluding hydrogens is 310 g/mol. The van der Waals surface area contributed by atoms with Gasteiger partial charge in [0.1, 0.15) is 0 Å². The molecule has 0 saturated heterocycles. The van der Waals surface area contributed by atoms with Crippen LogP contribution < -0.4 is 16.2 Å². The fourth-order valence-corrected chi connectivity index (χ4v) is 2.15. The minimum absolute atomic E-state index is 0.511. The summed E-state index contributed by atoms with van der Waals surface area (Å²) in [6, 6.07) is 9.02. The number of carbonyl (C=O) groups excluding carboxylic acids is 2. The van der Waals surface area contributed by atoms with Crippen molar-refractivity contribution in [2.75, 3.05) is 24.5 Å². The van der Waals surface area contributed by atoms with E-state index in [1.165, 1.54) is 0 Å². The van der Waals surface area contributed by atoms with Crippen molar-refractivity contribution in [3.05, 3.63) is 41.7 Å². The zero-order valence-corrected chi connectivity index (χ0v) is 13.9. The fraction of sp³-hybridized carbons (Fsp3) is 0.312. The van der Waals surface area contributed by atoms with Crippen molar-refractivity contribution < 1.29 is 14.3 Å². The topological polar surface area (TPSA) is 97.3 Å². The van der Waals surface area contributed by atoms with E-state index in [1.807, 2.05) is 25.1 Å². The number of hydrazine groups is 1. The van der Waals surface area contributed by atoms with Crippen molar-refractivity contribution in [3.63, 3.8) is 0 Å². The van der Waals surface area contributed by atoms with Crippen LogP contribution in [0.3, 0.4) is 0 Å². The molecule has 8 nitrogen and oxygen atoms in total. The van der Waals surface area contributed by atoms with Crippen LogP contribution in [0.5, 0.6) is 0 Å². The third kappa shape index (κ3) is 4.32. The van der Waals surface area contributed by atoms with Crippen LogP contribution in [0.15, 0.2) is 30.3 Å². The number of rotatable bonds is 6. The second-order valence-electron chi connectivity index (χ2n) is 5.16. The highest BCUT2D eigenvalue weighted by Crippen LogP contribution is 2.19. The minimum atomic E-state index is -0.790. The van der Waals surface area contributed by atoms with E-state index >= 15 is 0 Å². The quantitative estimate of drug-likeness (QED) is 0.546. The summed E-state index contributed by atoms with van der Waals surface area (Å²) < 4.78 is 6.75. The Balaban J connectivity index is 1.96. The van der Waals surface area contributed by atoms with Gasteiger partial charge in [-0.05, 0) is 26.0 Å². The summed E-state index contributed by atoms with van der Waals surface area (Å²) in [6.07, 6.45) is 0. The maximum atomic E-state index is 12.0. The number of para-hydroxylation sites is 1. The van der Waals surface area contributed by atoms with Crippen molar-refractivity contribution in [2.24, 2.45) is 0 Å². The SMILES string of the molecule is COCCn1nc(C)c(NC(=O)C(=O)NNc2ccccc2)c1C. The van der Waals surface area contributed by atoms with Crippen molar-refractivity contribution in [1.82, 2.24) is 15.2 Å². The van der Waals surface area contributed by atoms with Gasteiger partial charge in [-0.1, -0.05) is 18.2 Å². The Morgan fingerprint density at radius 3 is 2.54 bits per heavy atom. The van der Waals surface area contributed by atoms with Crippen LogP contribution in [0.1, 0.15) is 11.4 Å². The normalized spacial score (nSPS) is 10.3. The van der Waals surface area contributed by atoms with E-state index < -0.39 is 11.8 Å². The number of aryl methyl sites for hydroxylation is 1. The summed E-state index contributed by atoms with van der Waals surface area (Å²) in [6.45, 7) is 4.68. The summed E-state index contributed by atoms with van der Waals surface area (Å²) in [5, 5.41) is 6.92. The number of nitrogens with zero attached hydrogens (tertiary/aromatic N) is 2. The molecule has 1 aromatic carbocycles. The molecule has 0 bridgehead atoms. The number of aromatic nitrogens is 2. The maximum absolute atomic E-state index is 12.0. The first-order valence-electron chi connectivity index (χ1n) is 7.48. The second-order valence-corrected chi connectivity index (χ2v) is 5.16. The summed E-state index contributed by atoms with van der Waals surface area (Å²) >= 11 is 0. The zero-order chi connectivity index (χ0) is 17.5. The summed E-state index contributed by atoms with van der Waals surface area (Å²) in [7, 11) is 1.61. The number of hydrogen-bond acceptors (Lipinski definition) is 5. The van der Waals surface area contributed by atoms with Crippen LogP contribution in [0.4, 0.5) is 11.4 Å². The average molecular weight is 331 g/mol. The van der Waals surface area contributed by atoms with E-state index in [0.717, 1.165) is 5.69 Å². The largest absolute Gasteiger partial charge is 0.383 e. The van der Waals surface area contributed by atoms with Crippen LogP contribution in [0, 0.1) is 13.8 Å². The first kappa shape index (κ1) is 17.5. The van der Waals surface area contributed by atoms with Crippen LogP contribution >= 0.6 is 0 Å². The van der Waals surface area contributed by atoms with Gasteiger partial charge in [-0.3, -0.25) is 25.1 Å². The zero-order valence-electron chi connectivity index (χ0n) is 13.9. The number of nitrogens with one attached hydrogen (secondary N) is 3. The Hall–Kier alpha value is -2.87. The number of ether oxygens (including phenoxy) is 1. The van der Waals surface area contributed by atoms with Crippen LogP contribution in [-0.4, -0.2) is 35.3 Å². The van der Waals surface area contributed by atoms with Gasteiger partial charge in [0.15, 0.2) is 0 Å². The highest BCUT2D eigenvalue weighted by atomic mass is 16.5. The van der Waals surface area contributed by atoms with Gasteiger partial charge in [0.2, 0.25) is 0 Å². The Morgan fingerprint density at radius 2 is 1.88 bits per heavy atom.